The van der Waals surface area contributed by atoms with E-state index in [1.807, 2.05) is 0 Å². The summed E-state index contributed by atoms with van der Waals surface area (Å²) in [5, 5.41) is 3.21. The van der Waals surface area contributed by atoms with Gasteiger partial charge in [-0.2, -0.15) is 0 Å². The fraction of sp³-hybridized carbons (Fsp3) is 1.00. The van der Waals surface area contributed by atoms with Crippen LogP contribution >= 0.6 is 0 Å². The fourth-order valence-corrected chi connectivity index (χ4v) is 1.78. The molecule has 4 nitrogen and oxygen atoms in total. The standard InChI is InChI=1S/C10H24N2O2S/c1-3-4-5-6-7-8-11-9-10-12-15(2,13)14/h11-12H,3-10H2,1-2H3. The molecule has 0 aliphatic rings. The molecule has 0 saturated heterocycles. The Hall–Kier alpha value is -0.130. The summed E-state index contributed by atoms with van der Waals surface area (Å²) in [5.41, 5.74) is 0. The second kappa shape index (κ2) is 9.12. The molecule has 0 atom stereocenters. The van der Waals surface area contributed by atoms with Gasteiger partial charge in [-0.05, 0) is 13.0 Å². The van der Waals surface area contributed by atoms with Crippen LogP contribution in [0.5, 0.6) is 0 Å². The van der Waals surface area contributed by atoms with Gasteiger partial charge in [-0.25, -0.2) is 13.1 Å². The zero-order chi connectivity index (χ0) is 11.6. The molecule has 92 valence electrons. The van der Waals surface area contributed by atoms with E-state index in [-0.39, 0.29) is 0 Å². The number of hydrogen-bond donors (Lipinski definition) is 2. The summed E-state index contributed by atoms with van der Waals surface area (Å²) >= 11 is 0. The molecule has 0 aliphatic carbocycles. The zero-order valence-corrected chi connectivity index (χ0v) is 10.7. The maximum absolute atomic E-state index is 10.7. The highest BCUT2D eigenvalue weighted by Gasteiger charge is 1.97. The van der Waals surface area contributed by atoms with E-state index in [1.165, 1.54) is 38.4 Å². The highest BCUT2D eigenvalue weighted by atomic mass is 32.2. The van der Waals surface area contributed by atoms with Crippen molar-refractivity contribution < 1.29 is 8.42 Å². The van der Waals surface area contributed by atoms with Crippen molar-refractivity contribution in [3.05, 3.63) is 0 Å². The van der Waals surface area contributed by atoms with Gasteiger partial charge in [0.1, 0.15) is 0 Å². The number of rotatable bonds is 10. The van der Waals surface area contributed by atoms with Crippen LogP contribution < -0.4 is 10.0 Å². The van der Waals surface area contributed by atoms with Crippen LogP contribution in [0.1, 0.15) is 39.0 Å². The van der Waals surface area contributed by atoms with Crippen LogP contribution in [0.2, 0.25) is 0 Å². The minimum absolute atomic E-state index is 0.480. The van der Waals surface area contributed by atoms with Gasteiger partial charge in [0.15, 0.2) is 0 Å². The molecule has 0 rings (SSSR count). The molecule has 0 radical (unpaired) electrons. The van der Waals surface area contributed by atoms with Crippen molar-refractivity contribution in [2.75, 3.05) is 25.9 Å². The van der Waals surface area contributed by atoms with Crippen LogP contribution in [0.25, 0.3) is 0 Å². The SMILES string of the molecule is CCCCCCCNCCNS(C)(=O)=O. The van der Waals surface area contributed by atoms with Gasteiger partial charge in [-0.15, -0.1) is 0 Å². The predicted molar refractivity (Wildman–Crippen MR) is 64.5 cm³/mol. The first-order chi connectivity index (χ1) is 7.06. The van der Waals surface area contributed by atoms with E-state index in [4.69, 9.17) is 0 Å². The maximum Gasteiger partial charge on any atom is 0.208 e. The molecular weight excluding hydrogens is 212 g/mol. The van der Waals surface area contributed by atoms with Gasteiger partial charge in [0.2, 0.25) is 10.0 Å². The zero-order valence-electron chi connectivity index (χ0n) is 9.88. The molecule has 5 heteroatoms. The van der Waals surface area contributed by atoms with Gasteiger partial charge < -0.3 is 5.32 Å². The summed E-state index contributed by atoms with van der Waals surface area (Å²) in [7, 11) is -3.02. The molecular formula is C10H24N2O2S. The quantitative estimate of drug-likeness (QED) is 0.558. The highest BCUT2D eigenvalue weighted by Crippen LogP contribution is 2.00. The Balaban J connectivity index is 3.06. The predicted octanol–water partition coefficient (Wildman–Crippen LogP) is 1.10. The summed E-state index contributed by atoms with van der Waals surface area (Å²) < 4.78 is 23.8. The normalized spacial score (nSPS) is 11.9. The first-order valence-electron chi connectivity index (χ1n) is 5.71. The van der Waals surface area contributed by atoms with E-state index >= 15 is 0 Å². The Bertz CT molecular complexity index is 228. The lowest BCUT2D eigenvalue weighted by Crippen LogP contribution is -2.31. The maximum atomic E-state index is 10.7. The molecule has 0 spiro atoms. The van der Waals surface area contributed by atoms with Crippen LogP contribution in [0.4, 0.5) is 0 Å². The number of nitrogens with one attached hydrogen (secondary N) is 2. The Labute approximate surface area is 93.9 Å². The number of unbranched alkanes of at least 4 members (excludes halogenated alkanes) is 4. The van der Waals surface area contributed by atoms with Crippen LogP contribution in [-0.4, -0.2) is 34.3 Å². The third kappa shape index (κ3) is 13.9. The molecule has 0 aromatic heterocycles. The minimum atomic E-state index is -3.02. The van der Waals surface area contributed by atoms with Crippen molar-refractivity contribution in [2.24, 2.45) is 0 Å². The van der Waals surface area contributed by atoms with Gasteiger partial charge >= 0.3 is 0 Å². The van der Waals surface area contributed by atoms with Gasteiger partial charge in [-0.3, -0.25) is 0 Å². The van der Waals surface area contributed by atoms with E-state index in [0.29, 0.717) is 13.1 Å². The number of sulfonamides is 1. The Kier molecular flexibility index (Phi) is 9.04. The van der Waals surface area contributed by atoms with Crippen LogP contribution in [-0.2, 0) is 10.0 Å². The second-order valence-corrected chi connectivity index (χ2v) is 5.66. The first kappa shape index (κ1) is 14.9. The number of hydrogen-bond acceptors (Lipinski definition) is 3. The van der Waals surface area contributed by atoms with E-state index in [9.17, 15) is 8.42 Å². The molecule has 15 heavy (non-hydrogen) atoms. The minimum Gasteiger partial charge on any atom is -0.315 e. The second-order valence-electron chi connectivity index (χ2n) is 3.83. The van der Waals surface area contributed by atoms with Crippen molar-refractivity contribution in [1.82, 2.24) is 10.0 Å². The van der Waals surface area contributed by atoms with E-state index < -0.39 is 10.0 Å². The van der Waals surface area contributed by atoms with Crippen molar-refractivity contribution >= 4 is 10.0 Å². The molecule has 0 bridgehead atoms. The summed E-state index contributed by atoms with van der Waals surface area (Å²) in [6, 6.07) is 0. The third-order valence-corrected chi connectivity index (χ3v) is 2.85. The summed E-state index contributed by atoms with van der Waals surface area (Å²) in [6.07, 6.45) is 7.51. The van der Waals surface area contributed by atoms with Crippen LogP contribution in [0.15, 0.2) is 0 Å². The van der Waals surface area contributed by atoms with Gasteiger partial charge in [0.05, 0.1) is 6.26 Å². The largest absolute Gasteiger partial charge is 0.315 e. The summed E-state index contributed by atoms with van der Waals surface area (Å²) in [6.45, 7) is 4.37. The molecule has 0 amide bonds. The lowest BCUT2D eigenvalue weighted by Gasteiger charge is -2.04. The summed E-state index contributed by atoms with van der Waals surface area (Å²) in [5.74, 6) is 0. The first-order valence-corrected chi connectivity index (χ1v) is 7.60. The van der Waals surface area contributed by atoms with Crippen molar-refractivity contribution in [1.29, 1.82) is 0 Å². The lowest BCUT2D eigenvalue weighted by molar-refractivity contribution is 0.568. The fourth-order valence-electron chi connectivity index (χ4n) is 1.30. The van der Waals surface area contributed by atoms with Gasteiger partial charge in [0, 0.05) is 13.1 Å². The molecule has 0 aromatic rings. The molecule has 0 unspecified atom stereocenters. The topological polar surface area (TPSA) is 58.2 Å². The Morgan fingerprint density at radius 1 is 0.933 bits per heavy atom. The third-order valence-electron chi connectivity index (χ3n) is 2.12. The van der Waals surface area contributed by atoms with E-state index in [2.05, 4.69) is 17.0 Å². The van der Waals surface area contributed by atoms with E-state index in [1.54, 1.807) is 0 Å². The van der Waals surface area contributed by atoms with Crippen LogP contribution in [0.3, 0.4) is 0 Å². The molecule has 0 heterocycles. The average molecular weight is 236 g/mol. The molecule has 0 aromatic carbocycles. The van der Waals surface area contributed by atoms with Gasteiger partial charge in [-0.1, -0.05) is 32.6 Å². The van der Waals surface area contributed by atoms with Crippen molar-refractivity contribution in [2.45, 2.75) is 39.0 Å². The van der Waals surface area contributed by atoms with Crippen molar-refractivity contribution in [3.63, 3.8) is 0 Å². The Morgan fingerprint density at radius 2 is 1.60 bits per heavy atom. The monoisotopic (exact) mass is 236 g/mol. The molecule has 0 fully saturated rings. The van der Waals surface area contributed by atoms with Gasteiger partial charge in [0.25, 0.3) is 0 Å². The van der Waals surface area contributed by atoms with Crippen molar-refractivity contribution in [3.8, 4) is 0 Å². The average Bonchev–Trinajstić information content (AvgIpc) is 2.14. The smallest absolute Gasteiger partial charge is 0.208 e. The lowest BCUT2D eigenvalue weighted by atomic mass is 10.1. The summed E-state index contributed by atoms with van der Waals surface area (Å²) in [4.78, 5) is 0. The molecule has 0 aliphatic heterocycles. The molecule has 2 N–H and O–H groups in total. The molecule has 0 saturated carbocycles. The van der Waals surface area contributed by atoms with E-state index in [0.717, 1.165) is 6.54 Å². The highest BCUT2D eigenvalue weighted by molar-refractivity contribution is 7.88. The van der Waals surface area contributed by atoms with Crippen LogP contribution in [0, 0.1) is 0 Å². The Morgan fingerprint density at radius 3 is 2.20 bits per heavy atom.